The average molecular weight is 2020 g/mol. The van der Waals surface area contributed by atoms with E-state index in [4.69, 9.17) is 42.6 Å². The fourth-order valence-electron chi connectivity index (χ4n) is 6.94. The fraction of sp³-hybridized carbons (Fsp3) is 0.769. The first-order chi connectivity index (χ1) is 63.5. The minimum Gasteiger partial charge on any atom is -0.388 e. The van der Waals surface area contributed by atoms with Crippen molar-refractivity contribution in [3.63, 3.8) is 0 Å². The second-order valence-corrected chi connectivity index (χ2v) is 57.4. The number of rotatable bonds is 14. The number of methoxy groups -OCH3 is 3. The Hall–Kier alpha value is -4.38. The van der Waals surface area contributed by atoms with Crippen molar-refractivity contribution >= 4 is 0 Å². The van der Waals surface area contributed by atoms with E-state index in [1.807, 2.05) is 182 Å². The molecule has 0 N–H and O–H groups in total. The van der Waals surface area contributed by atoms with Gasteiger partial charge < -0.3 is 56.8 Å². The van der Waals surface area contributed by atoms with E-state index in [0.29, 0.717) is 85.7 Å². The van der Waals surface area contributed by atoms with Gasteiger partial charge in [-0.05, 0) is 163 Å². The van der Waals surface area contributed by atoms with Gasteiger partial charge in [0.25, 0.3) is 0 Å². The third kappa shape index (κ3) is 408. The molecule has 0 radical (unpaired) electrons. The molecule has 2 aliphatic rings. The molecule has 0 spiro atoms. The van der Waals surface area contributed by atoms with Crippen LogP contribution in [-0.4, -0.2) is 153 Å². The van der Waals surface area contributed by atoms with Crippen LogP contribution in [0.1, 0.15) is 433 Å². The van der Waals surface area contributed by atoms with Crippen molar-refractivity contribution < 1.29 is 56.8 Å². The van der Waals surface area contributed by atoms with Gasteiger partial charge in [-0.3, -0.25) is 0 Å². The first-order valence-electron chi connectivity index (χ1n) is 53.0. The minimum absolute atomic E-state index is 0.00926. The number of hydrogen-bond donors (Lipinski definition) is 0. The summed E-state index contributed by atoms with van der Waals surface area (Å²) in [5, 5.41) is 0. The second kappa shape index (κ2) is 102. The Kier molecular flexibility index (Phi) is 123. The summed E-state index contributed by atoms with van der Waals surface area (Å²) < 4.78 is 60.9. The van der Waals surface area contributed by atoms with Gasteiger partial charge in [0.1, 0.15) is 6.79 Å². The highest BCUT2D eigenvalue weighted by Gasteiger charge is 2.21. The lowest BCUT2D eigenvalue weighted by Crippen LogP contribution is -2.28. The van der Waals surface area contributed by atoms with Gasteiger partial charge >= 0.3 is 0 Å². The molecule has 2 heterocycles. The summed E-state index contributed by atoms with van der Waals surface area (Å²) in [5.41, 5.74) is 5.86. The molecule has 2 aliphatic heterocycles. The Morgan fingerprint density at radius 3 is 0.493 bits per heavy atom. The Bertz CT molecular complexity index is 2350. The zero-order chi connectivity index (χ0) is 115. The summed E-state index contributed by atoms with van der Waals surface area (Å²) in [6.07, 6.45) is 7.60. The SMILES string of the molecule is C1CCOCC1.C1COCCO1.CC(C)(C)C.CC(C)(C)C.CC(C)(C)C.CC(C)(C)C.CC(C)(C)C.CC(C)(C)C.CC(C)(C)C.CC(C)(C)C.CC(C)(C)CCOC(C)(C)C.CC(C)(C)CCOCOCC(C)(C)C.CC(C)(C)COCCOCC(C)(C)C.CC(CC(C)(C)C)OC(C)(C)C.COC.COC.COC.c1ccccc1.c1ccccc1.c1ccccc1.c1ccccc1.c1ccccc1. The normalized spacial score (nSPS) is 12.5. The monoisotopic (exact) mass is 2010 g/mol. The van der Waals surface area contributed by atoms with E-state index in [-0.39, 0.29) is 27.4 Å². The van der Waals surface area contributed by atoms with Crippen LogP contribution in [0.5, 0.6) is 0 Å². The van der Waals surface area contributed by atoms with Gasteiger partial charge in [0.2, 0.25) is 0 Å². The molecule has 2 fully saturated rings. The second-order valence-electron chi connectivity index (χ2n) is 57.4. The van der Waals surface area contributed by atoms with Gasteiger partial charge in [-0.1, -0.05) is 528 Å². The Balaban J connectivity index is -0.0000000928. The molecule has 5 aromatic rings. The number of ether oxygens (including phenoxy) is 12. The van der Waals surface area contributed by atoms with Crippen LogP contribution in [-0.2, 0) is 56.8 Å². The van der Waals surface area contributed by atoms with E-state index in [1.54, 1.807) is 42.7 Å². The fourth-order valence-corrected chi connectivity index (χ4v) is 6.94. The van der Waals surface area contributed by atoms with E-state index in [2.05, 4.69) is 409 Å². The molecule has 7 rings (SSSR count). The van der Waals surface area contributed by atoms with Gasteiger partial charge in [0, 0.05) is 69.1 Å². The Morgan fingerprint density at radius 2 is 0.366 bits per heavy atom. The predicted octanol–water partition coefficient (Wildman–Crippen LogP) is 40.3. The lowest BCUT2D eigenvalue weighted by Gasteiger charge is -2.29. The molecule has 852 valence electrons. The van der Waals surface area contributed by atoms with E-state index < -0.39 is 0 Å². The lowest BCUT2D eigenvalue weighted by molar-refractivity contribution is -0.0784. The van der Waals surface area contributed by atoms with Crippen molar-refractivity contribution in [2.75, 3.05) is 135 Å². The molecule has 0 amide bonds. The Morgan fingerprint density at radius 1 is 0.197 bits per heavy atom. The van der Waals surface area contributed by atoms with Crippen molar-refractivity contribution in [3.8, 4) is 0 Å². The summed E-state index contributed by atoms with van der Waals surface area (Å²) in [6, 6.07) is 60.0. The molecule has 0 aromatic heterocycles. The standard InChI is InChI=1S/2C12H26O2.C11H24O.C10H22O.5C6H6.C5H10O.8C5H12.C4H8O2.3C2H6O/c1-11(2,3)9-13-7-8-14-10-12(4,5)6;1-11(2,3)7-8-13-10-14-9-12(4,5)6;1-9(8-10(2,3)4)12-11(5,6)7;1-9(2,3)7-8-11-10(4,5)6;6*1-2-4-6-5-3-1;8*1-5(2,3)4;1-2-6-4-3-5-1;3*1-3-2/h2*7-10H2,1-6H3;9H,8H2,1-7H3;7-8H2,1-6H3;5*1-6H;1-5H2;8*1-4H3;1-4H2;3*1-2H3. The smallest absolute Gasteiger partial charge is 0.146 e. The van der Waals surface area contributed by atoms with Crippen LogP contribution in [0.15, 0.2) is 182 Å². The van der Waals surface area contributed by atoms with Crippen molar-refractivity contribution in [1.29, 1.82) is 0 Å². The third-order valence-electron chi connectivity index (χ3n) is 11.1. The van der Waals surface area contributed by atoms with Crippen molar-refractivity contribution in [3.05, 3.63) is 182 Å². The van der Waals surface area contributed by atoms with E-state index in [0.717, 1.165) is 91.9 Å². The first-order valence-corrected chi connectivity index (χ1v) is 53.0. The molecular weight excluding hydrogens is 1750 g/mol. The van der Waals surface area contributed by atoms with Gasteiger partial charge in [-0.2, -0.15) is 0 Å². The predicted molar refractivity (Wildman–Crippen MR) is 643 cm³/mol. The molecular formula is C130H260O12. The molecule has 1 unspecified atom stereocenters. The largest absolute Gasteiger partial charge is 0.388 e. The van der Waals surface area contributed by atoms with Crippen LogP contribution in [0.25, 0.3) is 0 Å². The molecule has 0 bridgehead atoms. The average Bonchev–Trinajstić information content (AvgIpc) is 0.907. The van der Waals surface area contributed by atoms with Crippen LogP contribution >= 0.6 is 0 Å². The van der Waals surface area contributed by atoms with Crippen molar-refractivity contribution in [2.45, 2.75) is 450 Å². The van der Waals surface area contributed by atoms with E-state index in [1.165, 1.54) is 19.3 Å². The highest BCUT2D eigenvalue weighted by atomic mass is 16.7. The quantitative estimate of drug-likeness (QED) is 0.0780. The highest BCUT2D eigenvalue weighted by molar-refractivity contribution is 5.02. The van der Waals surface area contributed by atoms with Crippen molar-refractivity contribution in [2.24, 2.45) is 75.8 Å². The summed E-state index contributed by atoms with van der Waals surface area (Å²) >= 11 is 0. The molecule has 2 saturated heterocycles. The molecule has 142 heavy (non-hydrogen) atoms. The van der Waals surface area contributed by atoms with E-state index in [9.17, 15) is 0 Å². The van der Waals surface area contributed by atoms with Gasteiger partial charge in [0.15, 0.2) is 0 Å². The molecule has 12 nitrogen and oxygen atoms in total. The first kappa shape index (κ1) is 171. The Labute approximate surface area is 895 Å². The van der Waals surface area contributed by atoms with Crippen molar-refractivity contribution in [1.82, 2.24) is 0 Å². The third-order valence-corrected chi connectivity index (χ3v) is 11.1. The summed E-state index contributed by atoms with van der Waals surface area (Å²) in [4.78, 5) is 0. The maximum Gasteiger partial charge on any atom is 0.146 e. The molecule has 12 heteroatoms. The summed E-state index contributed by atoms with van der Waals surface area (Å²) in [5.74, 6) is 0. The topological polar surface area (TPSA) is 111 Å². The molecule has 5 aromatic carbocycles. The van der Waals surface area contributed by atoms with Crippen LogP contribution in [0.3, 0.4) is 0 Å². The van der Waals surface area contributed by atoms with Gasteiger partial charge in [-0.15, -0.1) is 0 Å². The lowest BCUT2D eigenvalue weighted by atomic mass is 9.89. The minimum atomic E-state index is -0.00926. The van der Waals surface area contributed by atoms with Crippen LogP contribution in [0.4, 0.5) is 0 Å². The summed E-state index contributed by atoms with van der Waals surface area (Å²) in [6.45, 7) is 135. The molecule has 0 saturated carbocycles. The zero-order valence-corrected chi connectivity index (χ0v) is 108. The van der Waals surface area contributed by atoms with E-state index >= 15 is 0 Å². The maximum absolute atomic E-state index is 5.81. The van der Waals surface area contributed by atoms with Crippen LogP contribution in [0.2, 0.25) is 0 Å². The zero-order valence-electron chi connectivity index (χ0n) is 108. The maximum atomic E-state index is 5.81. The molecule has 0 aliphatic carbocycles. The number of benzene rings is 5. The number of hydrogen-bond acceptors (Lipinski definition) is 12. The molecule has 1 atom stereocenters. The van der Waals surface area contributed by atoms with Gasteiger partial charge in [0.05, 0.1) is 76.8 Å². The van der Waals surface area contributed by atoms with Gasteiger partial charge in [-0.25, -0.2) is 0 Å². The van der Waals surface area contributed by atoms with Crippen LogP contribution in [0, 0.1) is 75.8 Å². The summed E-state index contributed by atoms with van der Waals surface area (Å²) in [7, 11) is 9.75. The van der Waals surface area contributed by atoms with Crippen LogP contribution < -0.4 is 0 Å². The highest BCUT2D eigenvalue weighted by Crippen LogP contribution is 2.26.